The third-order valence-electron chi connectivity index (χ3n) is 5.37. The molecule has 0 fully saturated rings. The van der Waals surface area contributed by atoms with Crippen molar-refractivity contribution in [2.24, 2.45) is 0 Å². The van der Waals surface area contributed by atoms with E-state index in [4.69, 9.17) is 4.74 Å². The molecular weight excluding hydrogens is 393 g/mol. The summed E-state index contributed by atoms with van der Waals surface area (Å²) in [6, 6.07) is 1.38. The van der Waals surface area contributed by atoms with Crippen LogP contribution in [0.5, 0.6) is 5.75 Å². The van der Waals surface area contributed by atoms with E-state index < -0.39 is 29.2 Å². The van der Waals surface area contributed by atoms with E-state index in [2.05, 4.69) is 10.3 Å². The number of carbonyl (C=O) groups excluding carboxylic acids is 1. The topological polar surface area (TPSA) is 111 Å². The Hall–Kier alpha value is -3.49. The average molecular weight is 413 g/mol. The number of halogens is 1. The fourth-order valence-electron chi connectivity index (χ4n) is 3.70. The third kappa shape index (κ3) is 3.16. The molecule has 0 bridgehead atoms. The van der Waals surface area contributed by atoms with Gasteiger partial charge in [0.1, 0.15) is 17.3 Å². The molecule has 2 N–H and O–H groups in total. The highest BCUT2D eigenvalue weighted by Crippen LogP contribution is 2.37. The largest absolute Gasteiger partial charge is 0.478 e. The lowest BCUT2D eigenvalue weighted by atomic mass is 9.97. The summed E-state index contributed by atoms with van der Waals surface area (Å²) in [5.74, 6) is -1.59. The van der Waals surface area contributed by atoms with Crippen LogP contribution in [0.1, 0.15) is 29.3 Å². The fourth-order valence-corrected chi connectivity index (χ4v) is 3.70. The van der Waals surface area contributed by atoms with Crippen molar-refractivity contribution in [3.63, 3.8) is 0 Å². The van der Waals surface area contributed by atoms with E-state index in [1.807, 2.05) is 0 Å². The Morgan fingerprint density at radius 1 is 1.47 bits per heavy atom. The summed E-state index contributed by atoms with van der Waals surface area (Å²) in [7, 11) is 1.40. The first-order valence-corrected chi connectivity index (χ1v) is 9.44. The van der Waals surface area contributed by atoms with Gasteiger partial charge in [-0.1, -0.05) is 18.2 Å². The number of nitrogens with zero attached hydrogens (tertiary/aromatic N) is 2. The lowest BCUT2D eigenvalue weighted by Crippen LogP contribution is -2.50. The lowest BCUT2D eigenvalue weighted by molar-refractivity contribution is -0.155. The van der Waals surface area contributed by atoms with Crippen LogP contribution < -0.4 is 15.6 Å². The molecule has 8 nitrogen and oxygen atoms in total. The van der Waals surface area contributed by atoms with Gasteiger partial charge in [0, 0.05) is 31.6 Å². The number of hydrogen-bond acceptors (Lipinski definition) is 5. The van der Waals surface area contributed by atoms with E-state index in [1.165, 1.54) is 36.9 Å². The zero-order chi connectivity index (χ0) is 21.6. The van der Waals surface area contributed by atoms with Gasteiger partial charge in [0.05, 0.1) is 12.1 Å². The molecule has 0 spiro atoms. The van der Waals surface area contributed by atoms with Crippen LogP contribution in [0.4, 0.5) is 4.39 Å². The molecule has 156 valence electrons. The number of carboxylic acid groups (broad SMARTS) is 1. The number of nitrogens with one attached hydrogen (secondary N) is 1. The van der Waals surface area contributed by atoms with E-state index in [9.17, 15) is 23.9 Å². The van der Waals surface area contributed by atoms with Gasteiger partial charge < -0.3 is 15.2 Å². The standard InChI is InChI=1S/C21H20FN3O5/c1-21(20(28)29)10-25-16-15(8-14(19(25)27)18(26)23-2)24-9-12(17(16)30-21)7-11-3-5-13(22)6-4-11/h3-5,8-9,13H,6-7,10H2,1-2H3,(H,23,26)(H,28,29)/t13?,21-/m1/s1. The Morgan fingerprint density at radius 2 is 2.23 bits per heavy atom. The van der Waals surface area contributed by atoms with Gasteiger partial charge in [-0.15, -0.1) is 0 Å². The van der Waals surface area contributed by atoms with E-state index in [0.29, 0.717) is 23.0 Å². The molecule has 3 heterocycles. The van der Waals surface area contributed by atoms with E-state index in [0.717, 1.165) is 5.57 Å². The van der Waals surface area contributed by atoms with Crippen LogP contribution in [0.15, 0.2) is 40.9 Å². The number of carbonyl (C=O) groups is 2. The molecule has 1 aliphatic heterocycles. The summed E-state index contributed by atoms with van der Waals surface area (Å²) in [6.45, 7) is 1.10. The first-order chi connectivity index (χ1) is 14.2. The molecule has 2 aliphatic rings. The summed E-state index contributed by atoms with van der Waals surface area (Å²) in [5.41, 5.74) is -0.356. The summed E-state index contributed by atoms with van der Waals surface area (Å²) in [6.07, 6.45) is 6.00. The fraction of sp³-hybridized carbons (Fsp3) is 0.333. The van der Waals surface area contributed by atoms with Crippen LogP contribution in [-0.4, -0.2) is 45.4 Å². The molecule has 30 heavy (non-hydrogen) atoms. The maximum atomic E-state index is 13.4. The van der Waals surface area contributed by atoms with Gasteiger partial charge in [0.25, 0.3) is 11.5 Å². The zero-order valence-electron chi connectivity index (χ0n) is 16.4. The monoisotopic (exact) mass is 413 g/mol. The Balaban J connectivity index is 1.93. The molecule has 0 aromatic carbocycles. The van der Waals surface area contributed by atoms with E-state index in [1.54, 1.807) is 12.2 Å². The second-order valence-electron chi connectivity index (χ2n) is 7.58. The number of allylic oxidation sites excluding steroid dienone is 4. The SMILES string of the molecule is CNC(=O)c1cc2ncc(CC3=CCC(F)C=C3)c3c2n(c1=O)C[C@](C)(C(=O)O)O3. The Bertz CT molecular complexity index is 1200. The minimum atomic E-state index is -1.71. The number of amides is 1. The summed E-state index contributed by atoms with van der Waals surface area (Å²) in [5, 5.41) is 12.1. The first kappa shape index (κ1) is 19.8. The predicted octanol–water partition coefficient (Wildman–Crippen LogP) is 1.76. The highest BCUT2D eigenvalue weighted by Gasteiger charge is 2.42. The highest BCUT2D eigenvalue weighted by atomic mass is 19.1. The average Bonchev–Trinajstić information content (AvgIpc) is 2.72. The number of hydrogen-bond donors (Lipinski definition) is 2. The summed E-state index contributed by atoms with van der Waals surface area (Å²) in [4.78, 5) is 41.5. The van der Waals surface area contributed by atoms with Crippen LogP contribution in [0.2, 0.25) is 0 Å². The number of carboxylic acids is 1. The van der Waals surface area contributed by atoms with Crippen LogP contribution in [0.25, 0.3) is 11.0 Å². The van der Waals surface area contributed by atoms with Crippen molar-refractivity contribution < 1.29 is 23.8 Å². The molecule has 1 unspecified atom stereocenters. The number of aliphatic carboxylic acids is 1. The number of rotatable bonds is 4. The molecule has 2 aromatic rings. The van der Waals surface area contributed by atoms with Crippen LogP contribution >= 0.6 is 0 Å². The van der Waals surface area contributed by atoms with Crippen molar-refractivity contribution in [3.05, 3.63) is 57.5 Å². The Labute approximate surface area is 170 Å². The second-order valence-corrected chi connectivity index (χ2v) is 7.58. The first-order valence-electron chi connectivity index (χ1n) is 9.44. The van der Waals surface area contributed by atoms with Gasteiger partial charge in [-0.3, -0.25) is 19.1 Å². The van der Waals surface area contributed by atoms with Gasteiger partial charge in [-0.2, -0.15) is 0 Å². The highest BCUT2D eigenvalue weighted by molar-refractivity contribution is 5.98. The van der Waals surface area contributed by atoms with Crippen molar-refractivity contribution in [1.29, 1.82) is 0 Å². The van der Waals surface area contributed by atoms with E-state index >= 15 is 0 Å². The quantitative estimate of drug-likeness (QED) is 0.790. The van der Waals surface area contributed by atoms with Crippen molar-refractivity contribution in [1.82, 2.24) is 14.9 Å². The lowest BCUT2D eigenvalue weighted by Gasteiger charge is -2.34. The molecule has 0 saturated heterocycles. The van der Waals surface area contributed by atoms with Crippen LogP contribution in [0.3, 0.4) is 0 Å². The van der Waals surface area contributed by atoms with Gasteiger partial charge in [-0.05, 0) is 18.6 Å². The minimum absolute atomic E-state index is 0.127. The molecular formula is C21H20FN3O5. The van der Waals surface area contributed by atoms with Crippen molar-refractivity contribution >= 4 is 22.9 Å². The van der Waals surface area contributed by atoms with Crippen LogP contribution in [0, 0.1) is 0 Å². The molecule has 1 amide bonds. The number of alkyl halides is 1. The minimum Gasteiger partial charge on any atom is -0.478 e. The zero-order valence-corrected chi connectivity index (χ0v) is 16.4. The Kier molecular flexibility index (Phi) is 4.68. The van der Waals surface area contributed by atoms with Gasteiger partial charge in [0.15, 0.2) is 5.75 Å². The summed E-state index contributed by atoms with van der Waals surface area (Å²) >= 11 is 0. The van der Waals surface area contributed by atoms with Crippen molar-refractivity contribution in [2.75, 3.05) is 7.05 Å². The molecule has 4 rings (SSSR count). The maximum Gasteiger partial charge on any atom is 0.349 e. The number of ether oxygens (including phenoxy) is 1. The number of aromatic nitrogens is 2. The third-order valence-corrected chi connectivity index (χ3v) is 5.37. The van der Waals surface area contributed by atoms with Crippen molar-refractivity contribution in [2.45, 2.75) is 38.1 Å². The number of pyridine rings is 2. The molecule has 0 saturated carbocycles. The van der Waals surface area contributed by atoms with Gasteiger partial charge in [-0.25, -0.2) is 9.18 Å². The van der Waals surface area contributed by atoms with Crippen molar-refractivity contribution in [3.8, 4) is 5.75 Å². The van der Waals surface area contributed by atoms with Crippen LogP contribution in [-0.2, 0) is 17.8 Å². The summed E-state index contributed by atoms with van der Waals surface area (Å²) < 4.78 is 20.5. The molecule has 0 radical (unpaired) electrons. The van der Waals surface area contributed by atoms with Gasteiger partial charge >= 0.3 is 5.97 Å². The predicted molar refractivity (Wildman–Crippen MR) is 107 cm³/mol. The maximum absolute atomic E-state index is 13.4. The second kappa shape index (κ2) is 7.08. The smallest absolute Gasteiger partial charge is 0.349 e. The molecule has 9 heteroatoms. The van der Waals surface area contributed by atoms with E-state index in [-0.39, 0.29) is 24.3 Å². The normalized spacial score (nSPS) is 22.4. The molecule has 2 aromatic heterocycles. The van der Waals surface area contributed by atoms with Gasteiger partial charge in [0.2, 0.25) is 5.60 Å². The molecule has 2 atom stereocenters. The Morgan fingerprint density at radius 3 is 2.87 bits per heavy atom. The molecule has 1 aliphatic carbocycles.